The summed E-state index contributed by atoms with van der Waals surface area (Å²) in [6.45, 7) is 6.27. The molecule has 166 valence electrons. The lowest BCUT2D eigenvalue weighted by Crippen LogP contribution is -2.29. The molecule has 1 fully saturated rings. The predicted molar refractivity (Wildman–Crippen MR) is 134 cm³/mol. The zero-order valence-corrected chi connectivity index (χ0v) is 19.6. The maximum absolute atomic E-state index is 13.6. The fourth-order valence-electron chi connectivity index (χ4n) is 4.80. The third kappa shape index (κ3) is 3.80. The quantitative estimate of drug-likeness (QED) is 0.376. The van der Waals surface area contributed by atoms with E-state index in [1.54, 1.807) is 0 Å². The van der Waals surface area contributed by atoms with Gasteiger partial charge in [0, 0.05) is 29.0 Å². The van der Waals surface area contributed by atoms with Crippen LogP contribution in [0.1, 0.15) is 40.3 Å². The van der Waals surface area contributed by atoms with Gasteiger partial charge in [0.2, 0.25) is 0 Å². The molecule has 0 radical (unpaired) electrons. The number of aryl methyl sites for hydroxylation is 2. The van der Waals surface area contributed by atoms with Gasteiger partial charge in [-0.25, -0.2) is 4.39 Å². The zero-order chi connectivity index (χ0) is 23.1. The number of halogens is 1. The number of nitrogens with zero attached hydrogens (tertiary/aromatic N) is 3. The molecule has 2 atom stereocenters. The number of aromatic nitrogens is 2. The molecule has 33 heavy (non-hydrogen) atoms. The van der Waals surface area contributed by atoms with E-state index < -0.39 is 0 Å². The first-order valence-corrected chi connectivity index (χ1v) is 11.4. The van der Waals surface area contributed by atoms with Crippen LogP contribution in [0.5, 0.6) is 0 Å². The first kappa shape index (κ1) is 21.3. The van der Waals surface area contributed by atoms with E-state index >= 15 is 0 Å². The number of hydrogen-bond donors (Lipinski definition) is 1. The topological polar surface area (TPSA) is 33.1 Å². The summed E-state index contributed by atoms with van der Waals surface area (Å²) in [5.74, 6) is -0.243. The molecule has 0 spiro atoms. The van der Waals surface area contributed by atoms with Gasteiger partial charge in [0.1, 0.15) is 5.82 Å². The average molecular weight is 457 g/mol. The van der Waals surface area contributed by atoms with E-state index in [0.29, 0.717) is 5.11 Å². The van der Waals surface area contributed by atoms with Crippen molar-refractivity contribution >= 4 is 23.0 Å². The van der Waals surface area contributed by atoms with Crippen molar-refractivity contribution in [3.05, 3.63) is 113 Å². The van der Waals surface area contributed by atoms with Gasteiger partial charge in [-0.3, -0.25) is 4.98 Å². The number of hydrogen-bond acceptors (Lipinski definition) is 2. The van der Waals surface area contributed by atoms with Crippen LogP contribution in [0.2, 0.25) is 0 Å². The monoisotopic (exact) mass is 456 g/mol. The highest BCUT2D eigenvalue weighted by atomic mass is 32.1. The molecule has 1 saturated heterocycles. The van der Waals surface area contributed by atoms with Gasteiger partial charge < -0.3 is 14.8 Å². The molecular formula is C27H25FN4S. The van der Waals surface area contributed by atoms with Crippen LogP contribution in [-0.2, 0) is 0 Å². The van der Waals surface area contributed by atoms with Gasteiger partial charge >= 0.3 is 0 Å². The van der Waals surface area contributed by atoms with E-state index in [2.05, 4.69) is 70.9 Å². The smallest absolute Gasteiger partial charge is 0.174 e. The minimum Gasteiger partial charge on any atom is -0.351 e. The standard InChI is InChI=1S/C27H25FN4S/c1-17-7-6-8-22(15-17)32-26(25(30-27(32)33)24-9-4-5-14-29-24)23-16-18(2)31(19(23)3)21-12-10-20(28)11-13-21/h4-16,25-26H,1-3H3,(H,30,33). The van der Waals surface area contributed by atoms with Crippen LogP contribution in [-0.4, -0.2) is 14.7 Å². The molecule has 5 rings (SSSR count). The Morgan fingerprint density at radius 1 is 0.909 bits per heavy atom. The maximum atomic E-state index is 13.6. The number of thiocarbonyl (C=S) groups is 1. The second-order valence-corrected chi connectivity index (χ2v) is 8.86. The largest absolute Gasteiger partial charge is 0.351 e. The first-order valence-electron chi connectivity index (χ1n) is 11.0. The molecule has 2 aromatic heterocycles. The summed E-state index contributed by atoms with van der Waals surface area (Å²) in [5, 5.41) is 4.20. The second kappa shape index (κ2) is 8.45. The molecule has 1 aliphatic heterocycles. The van der Waals surface area contributed by atoms with Gasteiger partial charge in [0.15, 0.2) is 5.11 Å². The fourth-order valence-corrected chi connectivity index (χ4v) is 5.15. The number of anilines is 1. The molecule has 6 heteroatoms. The summed E-state index contributed by atoms with van der Waals surface area (Å²) in [6.07, 6.45) is 1.81. The summed E-state index contributed by atoms with van der Waals surface area (Å²) >= 11 is 5.85. The van der Waals surface area contributed by atoms with Gasteiger partial charge in [-0.15, -0.1) is 0 Å². The van der Waals surface area contributed by atoms with Crippen molar-refractivity contribution in [1.82, 2.24) is 14.9 Å². The second-order valence-electron chi connectivity index (χ2n) is 8.47. The summed E-state index contributed by atoms with van der Waals surface area (Å²) in [6, 6.07) is 23.0. The minimum atomic E-state index is -0.243. The summed E-state index contributed by atoms with van der Waals surface area (Å²) in [5.41, 5.74) is 7.41. The van der Waals surface area contributed by atoms with Crippen molar-refractivity contribution in [3.63, 3.8) is 0 Å². The summed E-state index contributed by atoms with van der Waals surface area (Å²) in [4.78, 5) is 6.84. The maximum Gasteiger partial charge on any atom is 0.174 e. The Kier molecular flexibility index (Phi) is 5.46. The first-order chi connectivity index (χ1) is 15.9. The fraction of sp³-hybridized carbons (Fsp3) is 0.185. The lowest BCUT2D eigenvalue weighted by molar-refractivity contribution is 0.565. The summed E-state index contributed by atoms with van der Waals surface area (Å²) < 4.78 is 15.7. The van der Waals surface area contributed by atoms with E-state index in [9.17, 15) is 4.39 Å². The number of rotatable bonds is 4. The molecule has 0 saturated carbocycles. The Morgan fingerprint density at radius 2 is 1.70 bits per heavy atom. The average Bonchev–Trinajstić information content (AvgIpc) is 3.30. The van der Waals surface area contributed by atoms with Crippen molar-refractivity contribution in [2.75, 3.05) is 4.90 Å². The molecule has 3 heterocycles. The number of benzene rings is 2. The third-order valence-electron chi connectivity index (χ3n) is 6.25. The van der Waals surface area contributed by atoms with Crippen LogP contribution in [0, 0.1) is 26.6 Å². The van der Waals surface area contributed by atoms with Crippen LogP contribution >= 0.6 is 12.2 Å². The Hall–Kier alpha value is -3.51. The molecule has 1 aliphatic rings. The molecule has 0 aliphatic carbocycles. The van der Waals surface area contributed by atoms with Gasteiger partial charge in [0.05, 0.1) is 17.8 Å². The molecule has 0 bridgehead atoms. The lowest BCUT2D eigenvalue weighted by atomic mass is 9.96. The van der Waals surface area contributed by atoms with Crippen LogP contribution in [0.15, 0.2) is 79.0 Å². The lowest BCUT2D eigenvalue weighted by Gasteiger charge is -2.28. The van der Waals surface area contributed by atoms with E-state index in [0.717, 1.165) is 34.0 Å². The summed E-state index contributed by atoms with van der Waals surface area (Å²) in [7, 11) is 0. The third-order valence-corrected chi connectivity index (χ3v) is 6.57. The van der Waals surface area contributed by atoms with Crippen molar-refractivity contribution in [1.29, 1.82) is 0 Å². The van der Waals surface area contributed by atoms with E-state index in [-0.39, 0.29) is 17.9 Å². The Bertz CT molecular complexity index is 1310. The van der Waals surface area contributed by atoms with Crippen molar-refractivity contribution < 1.29 is 4.39 Å². The van der Waals surface area contributed by atoms with Crippen LogP contribution in [0.4, 0.5) is 10.1 Å². The number of nitrogens with one attached hydrogen (secondary N) is 1. The molecule has 4 nitrogen and oxygen atoms in total. The van der Waals surface area contributed by atoms with Gasteiger partial charge in [0.25, 0.3) is 0 Å². The van der Waals surface area contributed by atoms with E-state index in [1.165, 1.54) is 17.7 Å². The van der Waals surface area contributed by atoms with Gasteiger partial charge in [-0.2, -0.15) is 0 Å². The van der Waals surface area contributed by atoms with Crippen LogP contribution < -0.4 is 10.2 Å². The molecule has 0 amide bonds. The van der Waals surface area contributed by atoms with Crippen molar-refractivity contribution in [3.8, 4) is 5.69 Å². The Labute approximate surface area is 198 Å². The van der Waals surface area contributed by atoms with E-state index in [1.807, 2.05) is 36.5 Å². The zero-order valence-electron chi connectivity index (χ0n) is 18.8. The van der Waals surface area contributed by atoms with Crippen LogP contribution in [0.25, 0.3) is 5.69 Å². The molecule has 1 N–H and O–H groups in total. The van der Waals surface area contributed by atoms with Crippen molar-refractivity contribution in [2.24, 2.45) is 0 Å². The molecular weight excluding hydrogens is 431 g/mol. The normalized spacial score (nSPS) is 17.9. The minimum absolute atomic E-state index is 0.0883. The van der Waals surface area contributed by atoms with E-state index in [4.69, 9.17) is 12.2 Å². The van der Waals surface area contributed by atoms with Gasteiger partial charge in [-0.1, -0.05) is 18.2 Å². The Balaban J connectivity index is 1.68. The van der Waals surface area contributed by atoms with Crippen molar-refractivity contribution in [2.45, 2.75) is 32.9 Å². The SMILES string of the molecule is Cc1cccc(N2C(=S)NC(c3ccccn3)C2c2cc(C)n(-c3ccc(F)cc3)c2C)c1. The number of pyridine rings is 1. The van der Waals surface area contributed by atoms with Crippen LogP contribution in [0.3, 0.4) is 0 Å². The molecule has 2 unspecified atom stereocenters. The predicted octanol–water partition coefficient (Wildman–Crippen LogP) is 6.11. The Morgan fingerprint density at radius 3 is 2.39 bits per heavy atom. The molecule has 2 aromatic carbocycles. The van der Waals surface area contributed by atoms with Gasteiger partial charge in [-0.05, 0) is 98.7 Å². The highest BCUT2D eigenvalue weighted by molar-refractivity contribution is 7.80. The highest BCUT2D eigenvalue weighted by Gasteiger charge is 2.42. The highest BCUT2D eigenvalue weighted by Crippen LogP contribution is 2.43. The molecule has 4 aromatic rings.